The number of nitrogens with two attached hydrogens (primary N) is 1. The van der Waals surface area contributed by atoms with Crippen molar-refractivity contribution in [3.05, 3.63) is 10.6 Å². The zero-order valence-electron chi connectivity index (χ0n) is 11.0. The summed E-state index contributed by atoms with van der Waals surface area (Å²) in [5.74, 6) is -0.157. The maximum atomic E-state index is 12.0. The quantitative estimate of drug-likeness (QED) is 0.849. The van der Waals surface area contributed by atoms with Gasteiger partial charge in [-0.2, -0.15) is 0 Å². The number of thiazole rings is 1. The van der Waals surface area contributed by atoms with E-state index < -0.39 is 5.54 Å². The summed E-state index contributed by atoms with van der Waals surface area (Å²) in [6, 6.07) is 0. The highest BCUT2D eigenvalue weighted by molar-refractivity contribution is 7.15. The van der Waals surface area contributed by atoms with Gasteiger partial charge in [-0.1, -0.05) is 20.3 Å². The first-order chi connectivity index (χ1) is 7.90. The predicted molar refractivity (Wildman–Crippen MR) is 72.4 cm³/mol. The third-order valence-electron chi connectivity index (χ3n) is 2.74. The van der Waals surface area contributed by atoms with Gasteiger partial charge in [0, 0.05) is 4.88 Å². The molecule has 0 aliphatic rings. The van der Waals surface area contributed by atoms with Gasteiger partial charge in [-0.3, -0.25) is 4.79 Å². The van der Waals surface area contributed by atoms with E-state index in [1.165, 1.54) is 11.3 Å². The Balaban J connectivity index is 2.74. The van der Waals surface area contributed by atoms with Crippen LogP contribution in [0.15, 0.2) is 0 Å². The Morgan fingerprint density at radius 2 is 2.18 bits per heavy atom. The highest BCUT2D eigenvalue weighted by atomic mass is 32.1. The molecule has 1 heterocycles. The van der Waals surface area contributed by atoms with Crippen LogP contribution in [0.2, 0.25) is 0 Å². The lowest BCUT2D eigenvalue weighted by Crippen LogP contribution is -2.48. The molecule has 0 spiro atoms. The minimum atomic E-state index is -0.819. The van der Waals surface area contributed by atoms with E-state index in [-0.39, 0.29) is 5.91 Å². The van der Waals surface area contributed by atoms with Crippen molar-refractivity contribution in [2.24, 2.45) is 5.73 Å². The second-order valence-electron chi connectivity index (χ2n) is 4.50. The lowest BCUT2D eigenvalue weighted by atomic mass is 9.97. The van der Waals surface area contributed by atoms with Crippen LogP contribution in [-0.2, 0) is 11.2 Å². The lowest BCUT2D eigenvalue weighted by molar-refractivity contribution is -0.120. The Labute approximate surface area is 107 Å². The number of carbonyl (C=O) groups excluding carboxylic acids is 1. The maximum Gasteiger partial charge on any atom is 0.245 e. The largest absolute Gasteiger partial charge is 0.318 e. The molecule has 0 fully saturated rings. The van der Waals surface area contributed by atoms with Crippen molar-refractivity contribution in [1.82, 2.24) is 4.98 Å². The number of nitrogens with one attached hydrogen (secondary N) is 1. The summed E-state index contributed by atoms with van der Waals surface area (Å²) in [7, 11) is 0. The van der Waals surface area contributed by atoms with E-state index in [9.17, 15) is 4.79 Å². The van der Waals surface area contributed by atoms with Crippen molar-refractivity contribution in [2.45, 2.75) is 52.5 Å². The van der Waals surface area contributed by atoms with Gasteiger partial charge in [0.05, 0.1) is 11.2 Å². The fourth-order valence-corrected chi connectivity index (χ4v) is 2.58. The van der Waals surface area contributed by atoms with E-state index in [2.05, 4.69) is 17.2 Å². The second kappa shape index (κ2) is 5.60. The first kappa shape index (κ1) is 14.1. The molecule has 3 N–H and O–H groups in total. The third-order valence-corrected chi connectivity index (χ3v) is 3.66. The number of rotatable bonds is 5. The van der Waals surface area contributed by atoms with E-state index >= 15 is 0 Å². The van der Waals surface area contributed by atoms with Crippen molar-refractivity contribution >= 4 is 22.4 Å². The van der Waals surface area contributed by atoms with E-state index in [0.717, 1.165) is 23.4 Å². The average Bonchev–Trinajstić information content (AvgIpc) is 2.58. The Morgan fingerprint density at radius 3 is 2.65 bits per heavy atom. The molecule has 1 rings (SSSR count). The van der Waals surface area contributed by atoms with Crippen LogP contribution in [0.4, 0.5) is 5.13 Å². The fraction of sp³-hybridized carbons (Fsp3) is 0.667. The molecule has 0 aromatic carbocycles. The highest BCUT2D eigenvalue weighted by Crippen LogP contribution is 2.23. The predicted octanol–water partition coefficient (Wildman–Crippen LogP) is 2.47. The first-order valence-electron chi connectivity index (χ1n) is 5.97. The molecular formula is C12H21N3OS. The SMILES string of the molecule is CCCC(C)(N)C(=O)Nc1nc(CC)c(C)s1. The summed E-state index contributed by atoms with van der Waals surface area (Å²) in [5.41, 5.74) is 6.18. The average molecular weight is 255 g/mol. The third kappa shape index (κ3) is 3.51. The number of hydrogen-bond donors (Lipinski definition) is 2. The molecule has 0 saturated heterocycles. The Morgan fingerprint density at radius 1 is 1.53 bits per heavy atom. The van der Waals surface area contributed by atoms with Gasteiger partial charge in [0.2, 0.25) is 5.91 Å². The molecule has 1 aromatic heterocycles. The minimum absolute atomic E-state index is 0.157. The second-order valence-corrected chi connectivity index (χ2v) is 5.70. The molecular weight excluding hydrogens is 234 g/mol. The number of hydrogen-bond acceptors (Lipinski definition) is 4. The molecule has 0 bridgehead atoms. The number of aromatic nitrogens is 1. The Bertz CT molecular complexity index is 398. The number of aryl methyl sites for hydroxylation is 2. The van der Waals surface area contributed by atoms with Crippen LogP contribution in [0.1, 0.15) is 44.2 Å². The molecule has 1 amide bonds. The first-order valence-corrected chi connectivity index (χ1v) is 6.79. The van der Waals surface area contributed by atoms with Crippen molar-refractivity contribution in [3.8, 4) is 0 Å². The fourth-order valence-electron chi connectivity index (χ4n) is 1.68. The summed E-state index contributed by atoms with van der Waals surface area (Å²) in [6.07, 6.45) is 2.44. The summed E-state index contributed by atoms with van der Waals surface area (Å²) in [5, 5.41) is 3.46. The molecule has 0 radical (unpaired) electrons. The van der Waals surface area contributed by atoms with Crippen molar-refractivity contribution in [3.63, 3.8) is 0 Å². The molecule has 5 heteroatoms. The van der Waals surface area contributed by atoms with E-state index in [1.54, 1.807) is 6.92 Å². The van der Waals surface area contributed by atoms with Gasteiger partial charge in [0.1, 0.15) is 0 Å². The highest BCUT2D eigenvalue weighted by Gasteiger charge is 2.27. The zero-order chi connectivity index (χ0) is 13.1. The van der Waals surface area contributed by atoms with Crippen LogP contribution >= 0.6 is 11.3 Å². The molecule has 17 heavy (non-hydrogen) atoms. The maximum absolute atomic E-state index is 12.0. The number of anilines is 1. The van der Waals surface area contributed by atoms with Gasteiger partial charge in [-0.15, -0.1) is 11.3 Å². The summed E-state index contributed by atoms with van der Waals surface area (Å²) in [4.78, 5) is 17.5. The van der Waals surface area contributed by atoms with E-state index in [0.29, 0.717) is 11.6 Å². The standard InChI is InChI=1S/C12H21N3OS/c1-5-7-12(4,13)10(16)15-11-14-9(6-2)8(3)17-11/h5-7,13H2,1-4H3,(H,14,15,16). The number of carbonyl (C=O) groups is 1. The Hall–Kier alpha value is -0.940. The van der Waals surface area contributed by atoms with Gasteiger partial charge >= 0.3 is 0 Å². The molecule has 0 saturated carbocycles. The molecule has 0 aliphatic heterocycles. The van der Waals surface area contributed by atoms with Gasteiger partial charge in [0.15, 0.2) is 5.13 Å². The van der Waals surface area contributed by atoms with E-state index in [4.69, 9.17) is 5.73 Å². The molecule has 1 unspecified atom stereocenters. The van der Waals surface area contributed by atoms with Crippen molar-refractivity contribution in [1.29, 1.82) is 0 Å². The minimum Gasteiger partial charge on any atom is -0.318 e. The zero-order valence-corrected chi connectivity index (χ0v) is 11.8. The van der Waals surface area contributed by atoms with Crippen LogP contribution in [0.3, 0.4) is 0 Å². The van der Waals surface area contributed by atoms with Crippen molar-refractivity contribution in [2.75, 3.05) is 5.32 Å². The van der Waals surface area contributed by atoms with E-state index in [1.807, 2.05) is 13.8 Å². The van der Waals surface area contributed by atoms with Gasteiger partial charge in [0.25, 0.3) is 0 Å². The topological polar surface area (TPSA) is 68.0 Å². The summed E-state index contributed by atoms with van der Waals surface area (Å²) < 4.78 is 0. The van der Waals surface area contributed by atoms with Crippen LogP contribution in [0.25, 0.3) is 0 Å². The monoisotopic (exact) mass is 255 g/mol. The van der Waals surface area contributed by atoms with Crippen LogP contribution in [0.5, 0.6) is 0 Å². The Kier molecular flexibility index (Phi) is 4.65. The molecule has 1 atom stereocenters. The summed E-state index contributed by atoms with van der Waals surface area (Å²) in [6.45, 7) is 7.84. The summed E-state index contributed by atoms with van der Waals surface area (Å²) >= 11 is 1.50. The number of amides is 1. The molecule has 4 nitrogen and oxygen atoms in total. The molecule has 96 valence electrons. The van der Waals surface area contributed by atoms with Crippen LogP contribution in [-0.4, -0.2) is 16.4 Å². The number of nitrogens with zero attached hydrogens (tertiary/aromatic N) is 1. The smallest absolute Gasteiger partial charge is 0.245 e. The van der Waals surface area contributed by atoms with Crippen molar-refractivity contribution < 1.29 is 4.79 Å². The van der Waals surface area contributed by atoms with Gasteiger partial charge < -0.3 is 11.1 Å². The molecule has 0 aliphatic carbocycles. The van der Waals surface area contributed by atoms with Crippen LogP contribution in [0, 0.1) is 6.92 Å². The van der Waals surface area contributed by atoms with Gasteiger partial charge in [-0.25, -0.2) is 4.98 Å². The molecule has 1 aromatic rings. The van der Waals surface area contributed by atoms with Gasteiger partial charge in [-0.05, 0) is 26.7 Å². The lowest BCUT2D eigenvalue weighted by Gasteiger charge is -2.21. The normalized spacial score (nSPS) is 14.4. The van der Waals surface area contributed by atoms with Crippen LogP contribution < -0.4 is 11.1 Å².